The van der Waals surface area contributed by atoms with Gasteiger partial charge in [-0.3, -0.25) is 9.59 Å². The van der Waals surface area contributed by atoms with E-state index >= 15 is 0 Å². The van der Waals surface area contributed by atoms with Crippen molar-refractivity contribution in [1.82, 2.24) is 4.98 Å². The summed E-state index contributed by atoms with van der Waals surface area (Å²) in [7, 11) is 0. The monoisotopic (exact) mass is 423 g/mol. The number of aromatic nitrogens is 1. The standard InChI is InChI=1S/C22H21N3O2S2/c1-28-18-9-5-8-17(12-18)25-14-16(11-20(25)26)21(27)24-22-23-13-19(29-22)10-15-6-3-2-4-7-15/h2-9,12-13,16H,10-11,14H2,1H3,(H,23,24,27). The molecule has 1 aromatic heterocycles. The number of rotatable bonds is 6. The van der Waals surface area contributed by atoms with Crippen LogP contribution in [0.25, 0.3) is 0 Å². The summed E-state index contributed by atoms with van der Waals surface area (Å²) in [5.74, 6) is -0.545. The number of anilines is 2. The number of benzene rings is 2. The number of hydrogen-bond donors (Lipinski definition) is 1. The Morgan fingerprint density at radius 3 is 2.86 bits per heavy atom. The van der Waals surface area contributed by atoms with Gasteiger partial charge in [-0.05, 0) is 30.0 Å². The van der Waals surface area contributed by atoms with Crippen molar-refractivity contribution in [2.75, 3.05) is 23.0 Å². The Labute approximate surface area is 178 Å². The van der Waals surface area contributed by atoms with Crippen molar-refractivity contribution >= 4 is 45.7 Å². The Kier molecular flexibility index (Phi) is 5.97. The Morgan fingerprint density at radius 2 is 2.07 bits per heavy atom. The second-order valence-electron chi connectivity index (χ2n) is 6.89. The fourth-order valence-electron chi connectivity index (χ4n) is 3.36. The first-order chi connectivity index (χ1) is 14.1. The van der Waals surface area contributed by atoms with E-state index in [1.54, 1.807) is 22.9 Å². The van der Waals surface area contributed by atoms with E-state index in [0.29, 0.717) is 11.7 Å². The SMILES string of the molecule is CSc1cccc(N2CC(C(=O)Nc3ncc(Cc4ccccc4)s3)CC2=O)c1. The molecule has 29 heavy (non-hydrogen) atoms. The van der Waals surface area contributed by atoms with Crippen LogP contribution in [-0.4, -0.2) is 29.6 Å². The van der Waals surface area contributed by atoms with Crippen molar-refractivity contribution < 1.29 is 9.59 Å². The second-order valence-corrected chi connectivity index (χ2v) is 8.89. The number of nitrogens with zero attached hydrogens (tertiary/aromatic N) is 2. The molecule has 7 heteroatoms. The number of thioether (sulfide) groups is 1. The van der Waals surface area contributed by atoms with Gasteiger partial charge >= 0.3 is 0 Å². The average Bonchev–Trinajstić information content (AvgIpc) is 3.35. The molecule has 2 aromatic carbocycles. The zero-order valence-electron chi connectivity index (χ0n) is 16.0. The normalized spacial score (nSPS) is 16.2. The maximum Gasteiger partial charge on any atom is 0.231 e. The van der Waals surface area contributed by atoms with Crippen molar-refractivity contribution in [3.63, 3.8) is 0 Å². The van der Waals surface area contributed by atoms with Gasteiger partial charge in [0.1, 0.15) is 0 Å². The molecule has 1 atom stereocenters. The second kappa shape index (κ2) is 8.80. The van der Waals surface area contributed by atoms with Gasteiger partial charge in [0.15, 0.2) is 5.13 Å². The first-order valence-electron chi connectivity index (χ1n) is 9.36. The molecular weight excluding hydrogens is 402 g/mol. The third kappa shape index (κ3) is 4.68. The van der Waals surface area contributed by atoms with Gasteiger partial charge < -0.3 is 10.2 Å². The van der Waals surface area contributed by atoms with Crippen LogP contribution >= 0.6 is 23.1 Å². The molecule has 1 unspecified atom stereocenters. The lowest BCUT2D eigenvalue weighted by Crippen LogP contribution is -2.28. The van der Waals surface area contributed by atoms with E-state index in [1.807, 2.05) is 48.7 Å². The van der Waals surface area contributed by atoms with E-state index < -0.39 is 0 Å². The highest BCUT2D eigenvalue weighted by Crippen LogP contribution is 2.29. The minimum atomic E-state index is -0.373. The minimum absolute atomic E-state index is 0.0210. The van der Waals surface area contributed by atoms with Crippen molar-refractivity contribution in [3.05, 3.63) is 71.2 Å². The fourth-order valence-corrected chi connectivity index (χ4v) is 4.67. The quantitative estimate of drug-likeness (QED) is 0.595. The Hall–Kier alpha value is -2.64. The lowest BCUT2D eigenvalue weighted by atomic mass is 10.1. The third-order valence-electron chi connectivity index (χ3n) is 4.87. The Morgan fingerprint density at radius 1 is 1.24 bits per heavy atom. The van der Waals surface area contributed by atoms with Crippen LogP contribution in [0.4, 0.5) is 10.8 Å². The van der Waals surface area contributed by atoms with Gasteiger partial charge in [-0.2, -0.15) is 0 Å². The minimum Gasteiger partial charge on any atom is -0.312 e. The Balaban J connectivity index is 1.38. The first kappa shape index (κ1) is 19.7. The van der Waals surface area contributed by atoms with E-state index in [-0.39, 0.29) is 24.2 Å². The number of nitrogens with one attached hydrogen (secondary N) is 1. The van der Waals surface area contributed by atoms with Gasteiger partial charge in [-0.15, -0.1) is 23.1 Å². The zero-order valence-corrected chi connectivity index (χ0v) is 17.6. The average molecular weight is 424 g/mol. The molecule has 1 aliphatic heterocycles. The van der Waals surface area contributed by atoms with Crippen LogP contribution in [0.15, 0.2) is 65.7 Å². The van der Waals surface area contributed by atoms with Crippen molar-refractivity contribution in [2.45, 2.75) is 17.7 Å². The molecule has 0 bridgehead atoms. The molecule has 2 heterocycles. The molecule has 4 rings (SSSR count). The molecule has 1 fully saturated rings. The van der Waals surface area contributed by atoms with Crippen molar-refractivity contribution in [2.24, 2.45) is 5.92 Å². The summed E-state index contributed by atoms with van der Waals surface area (Å²) in [6.45, 7) is 0.394. The van der Waals surface area contributed by atoms with Gasteiger partial charge in [0.05, 0.1) is 5.92 Å². The molecule has 148 valence electrons. The summed E-state index contributed by atoms with van der Waals surface area (Å²) in [6.07, 6.45) is 4.81. The first-order valence-corrected chi connectivity index (χ1v) is 11.4. The molecule has 0 radical (unpaired) electrons. The van der Waals surface area contributed by atoms with E-state index in [4.69, 9.17) is 0 Å². The van der Waals surface area contributed by atoms with Crippen LogP contribution in [0.5, 0.6) is 0 Å². The highest BCUT2D eigenvalue weighted by Gasteiger charge is 2.35. The van der Waals surface area contributed by atoms with Crippen LogP contribution in [0.1, 0.15) is 16.9 Å². The van der Waals surface area contributed by atoms with Gasteiger partial charge in [0.25, 0.3) is 0 Å². The maximum atomic E-state index is 12.7. The fraction of sp³-hybridized carbons (Fsp3) is 0.227. The lowest BCUT2D eigenvalue weighted by Gasteiger charge is -2.17. The summed E-state index contributed by atoms with van der Waals surface area (Å²) in [4.78, 5) is 33.4. The third-order valence-corrected chi connectivity index (χ3v) is 6.50. The number of amides is 2. The van der Waals surface area contributed by atoms with E-state index in [1.165, 1.54) is 16.9 Å². The molecular formula is C22H21N3O2S2. The molecule has 0 spiro atoms. The number of thiazole rings is 1. The van der Waals surface area contributed by atoms with Gasteiger partial charge in [0, 0.05) is 41.0 Å². The summed E-state index contributed by atoms with van der Waals surface area (Å²) < 4.78 is 0. The molecule has 1 aliphatic rings. The number of hydrogen-bond acceptors (Lipinski definition) is 5. The number of carbonyl (C=O) groups excluding carboxylic acids is 2. The van der Waals surface area contributed by atoms with Crippen molar-refractivity contribution in [3.8, 4) is 0 Å². The largest absolute Gasteiger partial charge is 0.312 e. The van der Waals surface area contributed by atoms with Gasteiger partial charge in [0.2, 0.25) is 11.8 Å². The summed E-state index contributed by atoms with van der Waals surface area (Å²) >= 11 is 3.10. The molecule has 2 amide bonds. The van der Waals surface area contributed by atoms with E-state index in [9.17, 15) is 9.59 Å². The highest BCUT2D eigenvalue weighted by atomic mass is 32.2. The molecule has 5 nitrogen and oxygen atoms in total. The van der Waals surface area contributed by atoms with Crippen LogP contribution in [0.2, 0.25) is 0 Å². The van der Waals surface area contributed by atoms with Crippen LogP contribution in [-0.2, 0) is 16.0 Å². The topological polar surface area (TPSA) is 62.3 Å². The molecule has 3 aromatic rings. The van der Waals surface area contributed by atoms with E-state index in [2.05, 4.69) is 22.4 Å². The van der Waals surface area contributed by atoms with E-state index in [0.717, 1.165) is 21.9 Å². The predicted molar refractivity (Wildman–Crippen MR) is 119 cm³/mol. The molecule has 0 aliphatic carbocycles. The highest BCUT2D eigenvalue weighted by molar-refractivity contribution is 7.98. The van der Waals surface area contributed by atoms with Crippen LogP contribution in [0, 0.1) is 5.92 Å². The smallest absolute Gasteiger partial charge is 0.231 e. The Bertz CT molecular complexity index is 1020. The molecule has 0 saturated carbocycles. The van der Waals surface area contributed by atoms with Gasteiger partial charge in [-0.1, -0.05) is 36.4 Å². The molecule has 1 saturated heterocycles. The predicted octanol–water partition coefficient (Wildman–Crippen LogP) is 4.45. The van der Waals surface area contributed by atoms with Crippen molar-refractivity contribution in [1.29, 1.82) is 0 Å². The summed E-state index contributed by atoms with van der Waals surface area (Å²) in [5, 5.41) is 3.47. The summed E-state index contributed by atoms with van der Waals surface area (Å²) in [5.41, 5.74) is 2.05. The number of carbonyl (C=O) groups is 2. The maximum absolute atomic E-state index is 12.7. The zero-order chi connectivity index (χ0) is 20.2. The summed E-state index contributed by atoms with van der Waals surface area (Å²) in [6, 6.07) is 18.0. The van der Waals surface area contributed by atoms with Gasteiger partial charge in [-0.25, -0.2) is 4.98 Å². The molecule has 1 N–H and O–H groups in total. The van der Waals surface area contributed by atoms with Crippen LogP contribution < -0.4 is 10.2 Å². The van der Waals surface area contributed by atoms with Crippen LogP contribution in [0.3, 0.4) is 0 Å². The lowest BCUT2D eigenvalue weighted by molar-refractivity contribution is -0.122.